The molecular formula is C15H28N2O3. The second-order valence-electron chi connectivity index (χ2n) is 6.11. The van der Waals surface area contributed by atoms with Crippen LogP contribution in [0.2, 0.25) is 0 Å². The average molecular weight is 284 g/mol. The van der Waals surface area contributed by atoms with Crippen molar-refractivity contribution in [1.82, 2.24) is 10.6 Å². The predicted octanol–water partition coefficient (Wildman–Crippen LogP) is 2.90. The molecular weight excluding hydrogens is 256 g/mol. The summed E-state index contributed by atoms with van der Waals surface area (Å²) >= 11 is 0. The van der Waals surface area contributed by atoms with Gasteiger partial charge in [0, 0.05) is 12.1 Å². The Labute approximate surface area is 121 Å². The summed E-state index contributed by atoms with van der Waals surface area (Å²) < 4.78 is 0. The lowest BCUT2D eigenvalue weighted by atomic mass is 9.97. The molecule has 0 radical (unpaired) electrons. The fourth-order valence-corrected chi connectivity index (χ4v) is 2.64. The first-order chi connectivity index (χ1) is 9.49. The molecule has 1 fully saturated rings. The van der Waals surface area contributed by atoms with E-state index in [1.165, 1.54) is 19.3 Å². The van der Waals surface area contributed by atoms with Crippen LogP contribution >= 0.6 is 0 Å². The van der Waals surface area contributed by atoms with Crippen LogP contribution in [-0.2, 0) is 4.79 Å². The van der Waals surface area contributed by atoms with Crippen LogP contribution in [0.4, 0.5) is 4.79 Å². The number of hydrogen-bond acceptors (Lipinski definition) is 2. The molecule has 1 atom stereocenters. The van der Waals surface area contributed by atoms with Gasteiger partial charge in [-0.05, 0) is 18.8 Å². The molecule has 0 aromatic carbocycles. The van der Waals surface area contributed by atoms with Crippen LogP contribution in [0.5, 0.6) is 0 Å². The molecule has 0 aliphatic heterocycles. The maximum Gasteiger partial charge on any atom is 0.315 e. The van der Waals surface area contributed by atoms with E-state index in [1.807, 2.05) is 13.8 Å². The Morgan fingerprint density at radius 2 is 1.65 bits per heavy atom. The van der Waals surface area contributed by atoms with Crippen LogP contribution in [0.15, 0.2) is 0 Å². The molecule has 5 nitrogen and oxygen atoms in total. The fraction of sp³-hybridized carbons (Fsp3) is 0.867. The summed E-state index contributed by atoms with van der Waals surface area (Å²) in [7, 11) is 0. The Kier molecular flexibility index (Phi) is 7.41. The molecule has 0 saturated heterocycles. The Morgan fingerprint density at radius 1 is 1.10 bits per heavy atom. The maximum absolute atomic E-state index is 12.0. The summed E-state index contributed by atoms with van der Waals surface area (Å²) in [5.74, 6) is -0.774. The first kappa shape index (κ1) is 16.8. The molecule has 0 spiro atoms. The van der Waals surface area contributed by atoms with Gasteiger partial charge in [-0.3, -0.25) is 4.79 Å². The van der Waals surface area contributed by atoms with E-state index in [9.17, 15) is 9.59 Å². The normalized spacial score (nSPS) is 18.9. The zero-order chi connectivity index (χ0) is 15.0. The highest BCUT2D eigenvalue weighted by Crippen LogP contribution is 2.17. The molecule has 1 rings (SSSR count). The van der Waals surface area contributed by atoms with Crippen LogP contribution in [0.1, 0.15) is 65.2 Å². The Balaban J connectivity index is 2.41. The van der Waals surface area contributed by atoms with Crippen molar-refractivity contribution >= 4 is 12.0 Å². The molecule has 5 heteroatoms. The fourth-order valence-electron chi connectivity index (χ4n) is 2.64. The lowest BCUT2D eigenvalue weighted by Crippen LogP contribution is -2.48. The largest absolute Gasteiger partial charge is 0.481 e. The molecule has 0 aromatic heterocycles. The predicted molar refractivity (Wildman–Crippen MR) is 78.7 cm³/mol. The van der Waals surface area contributed by atoms with E-state index in [0.717, 1.165) is 25.7 Å². The molecule has 1 aliphatic carbocycles. The number of hydrogen-bond donors (Lipinski definition) is 3. The van der Waals surface area contributed by atoms with Crippen LogP contribution in [-0.4, -0.2) is 29.2 Å². The highest BCUT2D eigenvalue weighted by molar-refractivity contribution is 5.76. The van der Waals surface area contributed by atoms with Crippen molar-refractivity contribution in [3.63, 3.8) is 0 Å². The first-order valence-corrected chi connectivity index (χ1v) is 7.78. The van der Waals surface area contributed by atoms with E-state index >= 15 is 0 Å². The molecule has 0 heterocycles. The van der Waals surface area contributed by atoms with E-state index in [4.69, 9.17) is 5.11 Å². The van der Waals surface area contributed by atoms with Crippen LogP contribution in [0.3, 0.4) is 0 Å². The number of rotatable bonds is 5. The van der Waals surface area contributed by atoms with Crippen molar-refractivity contribution in [2.24, 2.45) is 5.92 Å². The molecule has 1 saturated carbocycles. The van der Waals surface area contributed by atoms with Gasteiger partial charge in [0.05, 0.1) is 6.42 Å². The third-order valence-electron chi connectivity index (χ3n) is 3.96. The molecule has 0 aromatic rings. The number of nitrogens with one attached hydrogen (secondary N) is 2. The topological polar surface area (TPSA) is 78.4 Å². The van der Waals surface area contributed by atoms with Gasteiger partial charge in [-0.1, -0.05) is 46.0 Å². The Hall–Kier alpha value is -1.26. The molecule has 2 amide bonds. The van der Waals surface area contributed by atoms with E-state index in [2.05, 4.69) is 10.6 Å². The lowest BCUT2D eigenvalue weighted by molar-refractivity contribution is -0.137. The highest BCUT2D eigenvalue weighted by Gasteiger charge is 2.21. The summed E-state index contributed by atoms with van der Waals surface area (Å²) in [6.45, 7) is 3.84. The van der Waals surface area contributed by atoms with Crippen molar-refractivity contribution < 1.29 is 14.7 Å². The maximum atomic E-state index is 12.0. The van der Waals surface area contributed by atoms with Gasteiger partial charge in [0.2, 0.25) is 0 Å². The van der Waals surface area contributed by atoms with Crippen molar-refractivity contribution in [2.75, 3.05) is 0 Å². The van der Waals surface area contributed by atoms with Crippen molar-refractivity contribution in [1.29, 1.82) is 0 Å². The van der Waals surface area contributed by atoms with Crippen molar-refractivity contribution in [3.05, 3.63) is 0 Å². The zero-order valence-electron chi connectivity index (χ0n) is 12.7. The molecule has 3 N–H and O–H groups in total. The highest BCUT2D eigenvalue weighted by atomic mass is 16.4. The molecule has 1 unspecified atom stereocenters. The minimum atomic E-state index is -0.880. The summed E-state index contributed by atoms with van der Waals surface area (Å²) in [6, 6.07) is -0.315. The Bertz CT molecular complexity index is 310. The van der Waals surface area contributed by atoms with E-state index in [0.29, 0.717) is 0 Å². The van der Waals surface area contributed by atoms with Gasteiger partial charge >= 0.3 is 12.0 Å². The van der Waals surface area contributed by atoms with E-state index in [-0.39, 0.29) is 30.5 Å². The van der Waals surface area contributed by atoms with Crippen LogP contribution < -0.4 is 10.6 Å². The minimum Gasteiger partial charge on any atom is -0.481 e. The third kappa shape index (κ3) is 6.78. The third-order valence-corrected chi connectivity index (χ3v) is 3.96. The summed E-state index contributed by atoms with van der Waals surface area (Å²) in [5.41, 5.74) is 0. The number of aliphatic carboxylic acids is 1. The Morgan fingerprint density at radius 3 is 2.15 bits per heavy atom. The van der Waals surface area contributed by atoms with Crippen LogP contribution in [0, 0.1) is 5.92 Å². The zero-order valence-corrected chi connectivity index (χ0v) is 12.7. The van der Waals surface area contributed by atoms with Gasteiger partial charge in [-0.15, -0.1) is 0 Å². The number of amides is 2. The SMILES string of the molecule is CC(C)C(CC(=O)O)NC(=O)NC1CCCCCCC1. The second-order valence-corrected chi connectivity index (χ2v) is 6.11. The van der Waals surface area contributed by atoms with Crippen molar-refractivity contribution in [2.45, 2.75) is 77.3 Å². The van der Waals surface area contributed by atoms with Gasteiger partial charge in [-0.25, -0.2) is 4.79 Å². The average Bonchev–Trinajstić information content (AvgIpc) is 2.31. The minimum absolute atomic E-state index is 0.0320. The van der Waals surface area contributed by atoms with Gasteiger partial charge in [0.25, 0.3) is 0 Å². The molecule has 1 aliphatic rings. The smallest absolute Gasteiger partial charge is 0.315 e. The van der Waals surface area contributed by atoms with E-state index < -0.39 is 5.97 Å². The summed E-state index contributed by atoms with van der Waals surface area (Å²) in [6.07, 6.45) is 8.13. The standard InChI is InChI=1S/C15H28N2O3/c1-11(2)13(10-14(18)19)17-15(20)16-12-8-6-4-3-5-7-9-12/h11-13H,3-10H2,1-2H3,(H,18,19)(H2,16,17,20). The summed E-state index contributed by atoms with van der Waals surface area (Å²) in [5, 5.41) is 14.7. The molecule has 20 heavy (non-hydrogen) atoms. The monoisotopic (exact) mass is 284 g/mol. The quantitative estimate of drug-likeness (QED) is 0.726. The number of urea groups is 1. The molecule has 116 valence electrons. The molecule has 0 bridgehead atoms. The van der Waals surface area contributed by atoms with Gasteiger partial charge in [-0.2, -0.15) is 0 Å². The number of carbonyl (C=O) groups is 2. The lowest BCUT2D eigenvalue weighted by Gasteiger charge is -2.25. The van der Waals surface area contributed by atoms with Crippen molar-refractivity contribution in [3.8, 4) is 0 Å². The van der Waals surface area contributed by atoms with Crippen LogP contribution in [0.25, 0.3) is 0 Å². The number of carbonyl (C=O) groups excluding carboxylic acids is 1. The first-order valence-electron chi connectivity index (χ1n) is 7.78. The number of carboxylic acids is 1. The van der Waals surface area contributed by atoms with E-state index in [1.54, 1.807) is 0 Å². The number of carboxylic acid groups (broad SMARTS) is 1. The second kappa shape index (κ2) is 8.82. The van der Waals surface area contributed by atoms with Gasteiger partial charge in [0.1, 0.15) is 0 Å². The van der Waals surface area contributed by atoms with Gasteiger partial charge < -0.3 is 15.7 Å². The summed E-state index contributed by atoms with van der Waals surface area (Å²) in [4.78, 5) is 22.8. The van der Waals surface area contributed by atoms with Gasteiger partial charge in [0.15, 0.2) is 0 Å².